The molecule has 1 unspecified atom stereocenters. The second-order valence-corrected chi connectivity index (χ2v) is 13.3. The summed E-state index contributed by atoms with van der Waals surface area (Å²) in [6, 6.07) is 12.5. The maximum atomic E-state index is 13.6. The molecule has 0 spiro atoms. The molecule has 3 amide bonds. The summed E-state index contributed by atoms with van der Waals surface area (Å²) in [5, 5.41) is 8.92. The van der Waals surface area contributed by atoms with Crippen molar-refractivity contribution in [3.63, 3.8) is 0 Å². The van der Waals surface area contributed by atoms with E-state index in [1.807, 2.05) is 51.1 Å². The third kappa shape index (κ3) is 9.81. The first-order valence-electron chi connectivity index (χ1n) is 16.2. The molecule has 10 nitrogen and oxygen atoms in total. The highest BCUT2D eigenvalue weighted by Crippen LogP contribution is 2.45. The van der Waals surface area contributed by atoms with Crippen molar-refractivity contribution in [1.82, 2.24) is 16.0 Å². The number of hydrogen-bond acceptors (Lipinski definition) is 7. The van der Waals surface area contributed by atoms with Crippen LogP contribution in [0.3, 0.4) is 0 Å². The Morgan fingerprint density at radius 1 is 0.936 bits per heavy atom. The van der Waals surface area contributed by atoms with E-state index in [1.165, 1.54) is 13.2 Å². The van der Waals surface area contributed by atoms with E-state index in [0.717, 1.165) is 5.56 Å². The van der Waals surface area contributed by atoms with E-state index in [-0.39, 0.29) is 36.9 Å². The molecule has 8 atom stereocenters. The van der Waals surface area contributed by atoms with Crippen LogP contribution in [0.2, 0.25) is 5.02 Å². The summed E-state index contributed by atoms with van der Waals surface area (Å²) >= 11 is 6.33. The number of esters is 1. The van der Waals surface area contributed by atoms with Crippen molar-refractivity contribution in [2.24, 2.45) is 17.8 Å². The Labute approximate surface area is 281 Å². The van der Waals surface area contributed by atoms with Gasteiger partial charge in [0, 0.05) is 24.8 Å². The molecule has 11 heteroatoms. The highest BCUT2D eigenvalue weighted by atomic mass is 35.5. The zero-order chi connectivity index (χ0) is 34.2. The number of methoxy groups -OCH3 is 1. The molecule has 4 rings (SSSR count). The van der Waals surface area contributed by atoms with Crippen LogP contribution in [-0.2, 0) is 35.1 Å². The summed E-state index contributed by atoms with van der Waals surface area (Å²) in [6.07, 6.45) is 2.78. The minimum Gasteiger partial charge on any atom is -0.495 e. The lowest BCUT2D eigenvalue weighted by molar-refractivity contribution is -0.156. The van der Waals surface area contributed by atoms with E-state index in [4.69, 9.17) is 25.8 Å². The second kappa shape index (κ2) is 16.3. The molecule has 0 radical (unpaired) electrons. The zero-order valence-corrected chi connectivity index (χ0v) is 28.6. The molecule has 47 heavy (non-hydrogen) atoms. The fourth-order valence-corrected chi connectivity index (χ4v) is 6.00. The van der Waals surface area contributed by atoms with Crippen molar-refractivity contribution < 1.29 is 33.4 Å². The summed E-state index contributed by atoms with van der Waals surface area (Å²) in [4.78, 5) is 53.7. The molecule has 3 N–H and O–H groups in total. The van der Waals surface area contributed by atoms with Crippen molar-refractivity contribution in [3.8, 4) is 5.75 Å². The van der Waals surface area contributed by atoms with Gasteiger partial charge in [-0.15, -0.1) is 0 Å². The lowest BCUT2D eigenvalue weighted by Crippen LogP contribution is -2.54. The van der Waals surface area contributed by atoms with Crippen molar-refractivity contribution in [2.75, 3.05) is 7.11 Å². The predicted molar refractivity (Wildman–Crippen MR) is 179 cm³/mol. The molecule has 2 aromatic rings. The van der Waals surface area contributed by atoms with Crippen molar-refractivity contribution in [3.05, 3.63) is 76.8 Å². The van der Waals surface area contributed by atoms with Crippen molar-refractivity contribution in [1.29, 1.82) is 0 Å². The lowest BCUT2D eigenvalue weighted by atomic mass is 9.93. The van der Waals surface area contributed by atoms with Gasteiger partial charge in [0.15, 0.2) is 0 Å². The lowest BCUT2D eigenvalue weighted by Gasteiger charge is -2.29. The largest absolute Gasteiger partial charge is 0.495 e. The van der Waals surface area contributed by atoms with Crippen LogP contribution < -0.4 is 20.7 Å². The predicted octanol–water partition coefficient (Wildman–Crippen LogP) is 4.70. The van der Waals surface area contributed by atoms with Gasteiger partial charge in [0.2, 0.25) is 17.7 Å². The first-order chi connectivity index (χ1) is 22.4. The monoisotopic (exact) mass is 667 g/mol. The minimum atomic E-state index is -0.963. The molecule has 1 fully saturated rings. The number of rotatable bonds is 8. The molecule has 1 saturated heterocycles. The van der Waals surface area contributed by atoms with Gasteiger partial charge >= 0.3 is 5.97 Å². The molecule has 2 aliphatic heterocycles. The number of halogens is 1. The van der Waals surface area contributed by atoms with Gasteiger partial charge in [0.1, 0.15) is 30.0 Å². The van der Waals surface area contributed by atoms with E-state index >= 15 is 0 Å². The molecule has 2 aromatic carbocycles. The number of amides is 3. The van der Waals surface area contributed by atoms with Gasteiger partial charge in [-0.1, -0.05) is 81.8 Å². The summed E-state index contributed by atoms with van der Waals surface area (Å²) in [7, 11) is 1.51. The quantitative estimate of drug-likeness (QED) is 0.275. The van der Waals surface area contributed by atoms with E-state index in [9.17, 15) is 19.2 Å². The van der Waals surface area contributed by atoms with Crippen LogP contribution in [0.4, 0.5) is 0 Å². The average Bonchev–Trinajstić information content (AvgIpc) is 3.84. The smallest absolute Gasteiger partial charge is 0.328 e. The van der Waals surface area contributed by atoms with Gasteiger partial charge in [-0.05, 0) is 48.6 Å². The Balaban J connectivity index is 1.61. The van der Waals surface area contributed by atoms with Crippen LogP contribution >= 0.6 is 11.6 Å². The number of carbonyl (C=O) groups excluding carboxylic acids is 4. The summed E-state index contributed by atoms with van der Waals surface area (Å²) < 4.78 is 17.4. The van der Waals surface area contributed by atoms with Gasteiger partial charge in [-0.25, -0.2) is 4.79 Å². The number of benzene rings is 2. The van der Waals surface area contributed by atoms with Gasteiger partial charge < -0.3 is 30.2 Å². The fraction of sp³-hybridized carbons (Fsp3) is 0.500. The first kappa shape index (κ1) is 36.0. The molecule has 0 saturated carbocycles. The van der Waals surface area contributed by atoms with Crippen LogP contribution in [-0.4, -0.2) is 61.1 Å². The number of ether oxygens (including phenoxy) is 3. The molecule has 0 aromatic heterocycles. The highest BCUT2D eigenvalue weighted by molar-refractivity contribution is 6.32. The SMILES string of the molecule is COc1ccc(C[C@H]2NC(=O)/C=C/C[C@@H]([C@H](C)[C@H]3O[C@@H]3c3ccccc3)OC(=O)[C@H](CC(C)C)NC(=O)[C@H](C)C(C)NC2=O)cc1Cl. The molecular formula is C36H46ClN3O7. The number of epoxide rings is 1. The zero-order valence-electron chi connectivity index (χ0n) is 27.8. The number of hydrogen-bond donors (Lipinski definition) is 3. The van der Waals surface area contributed by atoms with Crippen molar-refractivity contribution >= 4 is 35.3 Å². The van der Waals surface area contributed by atoms with Gasteiger partial charge in [-0.2, -0.15) is 0 Å². The maximum absolute atomic E-state index is 13.6. The Hall–Kier alpha value is -3.89. The summed E-state index contributed by atoms with van der Waals surface area (Å²) in [5.41, 5.74) is 1.75. The van der Waals surface area contributed by atoms with Gasteiger partial charge in [-0.3, -0.25) is 14.4 Å². The van der Waals surface area contributed by atoms with Crippen LogP contribution in [0.1, 0.15) is 64.7 Å². The molecule has 0 bridgehead atoms. The van der Waals surface area contributed by atoms with Crippen molar-refractivity contribution in [2.45, 2.75) is 90.3 Å². The molecular weight excluding hydrogens is 622 g/mol. The van der Waals surface area contributed by atoms with E-state index in [0.29, 0.717) is 22.8 Å². The standard InChI is InChI=1S/C36H46ClN3O7/c1-20(2)17-28-36(44)46-29(22(4)32-33(47-32)25-11-8-7-9-12-25)13-10-14-31(41)39-27(19-24-15-16-30(45-6)26(37)18-24)35(43)38-23(5)21(3)34(42)40-28/h7-12,14-16,18,20-23,27-29,32-33H,13,17,19H2,1-6H3,(H,38,43)(H,39,41)(H,40,42)/b14-10+/t21-,22+,23?,27-,28+,29+,32-,33-/m1/s1. The minimum absolute atomic E-state index is 0.0896. The van der Waals surface area contributed by atoms with Crippen LogP contribution in [0.25, 0.3) is 0 Å². The normalized spacial score (nSPS) is 28.8. The number of cyclic esters (lactones) is 1. The third-order valence-corrected chi connectivity index (χ3v) is 9.09. The maximum Gasteiger partial charge on any atom is 0.328 e. The average molecular weight is 668 g/mol. The summed E-state index contributed by atoms with van der Waals surface area (Å²) in [5.74, 6) is -2.22. The van der Waals surface area contributed by atoms with E-state index < -0.39 is 53.8 Å². The highest BCUT2D eigenvalue weighted by Gasteiger charge is 2.47. The third-order valence-electron chi connectivity index (χ3n) is 8.79. The van der Waals surface area contributed by atoms with E-state index in [2.05, 4.69) is 16.0 Å². The first-order valence-corrected chi connectivity index (χ1v) is 16.6. The van der Waals surface area contributed by atoms with Crippen LogP contribution in [0.5, 0.6) is 5.75 Å². The van der Waals surface area contributed by atoms with Gasteiger partial charge in [0.05, 0.1) is 24.2 Å². The fourth-order valence-electron chi connectivity index (χ4n) is 5.72. The molecule has 2 heterocycles. The molecule has 0 aliphatic carbocycles. The second-order valence-electron chi connectivity index (χ2n) is 12.9. The van der Waals surface area contributed by atoms with Gasteiger partial charge in [0.25, 0.3) is 0 Å². The Morgan fingerprint density at radius 3 is 2.32 bits per heavy atom. The number of carbonyl (C=O) groups is 4. The Bertz CT molecular complexity index is 1450. The molecule has 2 aliphatic rings. The van der Waals surface area contributed by atoms with Crippen LogP contribution in [0.15, 0.2) is 60.7 Å². The Morgan fingerprint density at radius 2 is 1.66 bits per heavy atom. The Kier molecular flexibility index (Phi) is 12.5. The molecule has 254 valence electrons. The van der Waals surface area contributed by atoms with E-state index in [1.54, 1.807) is 38.1 Å². The summed E-state index contributed by atoms with van der Waals surface area (Å²) in [6.45, 7) is 9.27. The van der Waals surface area contributed by atoms with Crippen LogP contribution in [0, 0.1) is 17.8 Å². The number of nitrogens with one attached hydrogen (secondary N) is 3. The topological polar surface area (TPSA) is 135 Å².